The molecule has 0 saturated carbocycles. The molecule has 1 aromatic carbocycles. The molecule has 1 aliphatic carbocycles. The summed E-state index contributed by atoms with van der Waals surface area (Å²) in [6, 6.07) is 10.5. The van der Waals surface area contributed by atoms with Crippen LogP contribution in [0.1, 0.15) is 12.5 Å². The van der Waals surface area contributed by atoms with Crippen molar-refractivity contribution >= 4 is 0 Å². The summed E-state index contributed by atoms with van der Waals surface area (Å²) in [6.45, 7) is 4.78. The predicted molar refractivity (Wildman–Crippen MR) is 84.6 cm³/mol. The molecular formula is C19H21NO. The monoisotopic (exact) mass is 279 g/mol. The minimum atomic E-state index is -0.292. The number of benzene rings is 1. The lowest BCUT2D eigenvalue weighted by atomic mass is 9.85. The van der Waals surface area contributed by atoms with E-state index in [4.69, 9.17) is 0 Å². The molecule has 1 aromatic rings. The van der Waals surface area contributed by atoms with Gasteiger partial charge in [-0.1, -0.05) is 41.8 Å². The highest BCUT2D eigenvalue weighted by atomic mass is 16.3. The van der Waals surface area contributed by atoms with E-state index in [1.807, 2.05) is 25.1 Å². The Morgan fingerprint density at radius 3 is 2.71 bits per heavy atom. The smallest absolute Gasteiger partial charge is 0.0558 e. The Labute approximate surface area is 126 Å². The molecule has 2 heteroatoms. The van der Waals surface area contributed by atoms with E-state index >= 15 is 0 Å². The Hall–Kier alpha value is -1.82. The van der Waals surface area contributed by atoms with Crippen molar-refractivity contribution in [1.29, 1.82) is 0 Å². The Morgan fingerprint density at radius 2 is 2.05 bits per heavy atom. The van der Waals surface area contributed by atoms with Crippen LogP contribution in [0.25, 0.3) is 0 Å². The second-order valence-corrected chi connectivity index (χ2v) is 5.96. The molecule has 1 saturated heterocycles. The molecule has 0 radical (unpaired) electrons. The summed E-state index contributed by atoms with van der Waals surface area (Å²) in [5.41, 5.74) is 8.58. The number of hydrogen-bond acceptors (Lipinski definition) is 2. The lowest BCUT2D eigenvalue weighted by molar-refractivity contribution is 0.114. The number of likely N-dealkylation sites (tertiary alicyclic amines) is 1. The van der Waals surface area contributed by atoms with E-state index in [-0.39, 0.29) is 12.0 Å². The zero-order chi connectivity index (χ0) is 14.7. The molecular weight excluding hydrogens is 258 g/mol. The first kappa shape index (κ1) is 14.1. The SMILES string of the molecule is C[C@@H](O)[C@@H]1CN(Cc2ccccc2)C[C@H]1C1=CC=C=C=C1. The third kappa shape index (κ3) is 3.26. The quantitative estimate of drug-likeness (QED) is 0.857. The van der Waals surface area contributed by atoms with E-state index in [2.05, 4.69) is 46.7 Å². The predicted octanol–water partition coefficient (Wildman–Crippen LogP) is 2.92. The third-order valence-electron chi connectivity index (χ3n) is 4.42. The van der Waals surface area contributed by atoms with Gasteiger partial charge in [-0.05, 0) is 36.3 Å². The van der Waals surface area contributed by atoms with Crippen molar-refractivity contribution in [2.24, 2.45) is 11.8 Å². The fourth-order valence-electron chi connectivity index (χ4n) is 3.32. The molecule has 3 rings (SSSR count). The first-order valence-corrected chi connectivity index (χ1v) is 7.56. The van der Waals surface area contributed by atoms with Crippen LogP contribution in [-0.4, -0.2) is 29.2 Å². The van der Waals surface area contributed by atoms with Gasteiger partial charge in [0.15, 0.2) is 0 Å². The van der Waals surface area contributed by atoms with Crippen LogP contribution in [0.5, 0.6) is 0 Å². The Kier molecular flexibility index (Phi) is 4.24. The first-order valence-electron chi connectivity index (χ1n) is 7.56. The van der Waals surface area contributed by atoms with Crippen molar-refractivity contribution in [3.63, 3.8) is 0 Å². The number of aliphatic hydroxyl groups excluding tert-OH is 1. The van der Waals surface area contributed by atoms with Gasteiger partial charge in [0.1, 0.15) is 0 Å². The summed E-state index contributed by atoms with van der Waals surface area (Å²) in [5, 5.41) is 10.1. The topological polar surface area (TPSA) is 23.5 Å². The number of aliphatic hydroxyl groups is 1. The fourth-order valence-corrected chi connectivity index (χ4v) is 3.32. The van der Waals surface area contributed by atoms with Gasteiger partial charge in [0, 0.05) is 31.5 Å². The highest BCUT2D eigenvalue weighted by Crippen LogP contribution is 2.33. The van der Waals surface area contributed by atoms with Gasteiger partial charge in [0.05, 0.1) is 6.10 Å². The molecule has 2 aliphatic rings. The van der Waals surface area contributed by atoms with Gasteiger partial charge < -0.3 is 5.11 Å². The second-order valence-electron chi connectivity index (χ2n) is 5.96. The molecule has 0 aromatic heterocycles. The molecule has 2 nitrogen and oxygen atoms in total. The fraction of sp³-hybridized carbons (Fsp3) is 0.368. The summed E-state index contributed by atoms with van der Waals surface area (Å²) in [4.78, 5) is 2.44. The summed E-state index contributed by atoms with van der Waals surface area (Å²) in [5.74, 6) is 0.657. The highest BCUT2D eigenvalue weighted by Gasteiger charge is 2.36. The van der Waals surface area contributed by atoms with Crippen LogP contribution in [0.3, 0.4) is 0 Å². The largest absolute Gasteiger partial charge is 0.393 e. The van der Waals surface area contributed by atoms with E-state index in [1.165, 1.54) is 11.1 Å². The second kappa shape index (κ2) is 6.30. The maximum atomic E-state index is 10.1. The van der Waals surface area contributed by atoms with Gasteiger partial charge in [0.2, 0.25) is 0 Å². The highest BCUT2D eigenvalue weighted by molar-refractivity contribution is 5.31. The van der Waals surface area contributed by atoms with E-state index < -0.39 is 0 Å². The standard InChI is InChI=1S/C19H21NO/c1-15(21)18-13-20(12-16-8-4-2-5-9-16)14-19(18)17-10-6-3-7-11-17/h2,4-6,8-11,15,18-19,21H,12-14H2,1H3/t15-,18+,19+/m1/s1. The minimum absolute atomic E-state index is 0.282. The number of allylic oxidation sites excluding steroid dienone is 3. The average Bonchev–Trinajstić information content (AvgIpc) is 2.93. The van der Waals surface area contributed by atoms with Crippen LogP contribution in [0.2, 0.25) is 0 Å². The zero-order valence-corrected chi connectivity index (χ0v) is 12.4. The maximum Gasteiger partial charge on any atom is 0.0558 e. The van der Waals surface area contributed by atoms with Crippen LogP contribution in [-0.2, 0) is 6.54 Å². The molecule has 21 heavy (non-hydrogen) atoms. The Bertz CT molecular complexity index is 616. The molecule has 0 bridgehead atoms. The van der Waals surface area contributed by atoms with Crippen molar-refractivity contribution in [3.05, 3.63) is 71.2 Å². The maximum absolute atomic E-state index is 10.1. The third-order valence-corrected chi connectivity index (χ3v) is 4.42. The van der Waals surface area contributed by atoms with E-state index in [9.17, 15) is 5.11 Å². The number of rotatable bonds is 4. The van der Waals surface area contributed by atoms with Crippen molar-refractivity contribution < 1.29 is 5.11 Å². The van der Waals surface area contributed by atoms with E-state index in [0.717, 1.165) is 19.6 Å². The van der Waals surface area contributed by atoms with Crippen molar-refractivity contribution in [3.8, 4) is 0 Å². The molecule has 1 fully saturated rings. The molecule has 1 N–H and O–H groups in total. The van der Waals surface area contributed by atoms with Crippen LogP contribution < -0.4 is 0 Å². The van der Waals surface area contributed by atoms with Gasteiger partial charge in [-0.15, -0.1) is 0 Å². The first-order chi connectivity index (χ1) is 10.2. The van der Waals surface area contributed by atoms with Crippen LogP contribution in [0, 0.1) is 11.8 Å². The summed E-state index contributed by atoms with van der Waals surface area (Å²) in [7, 11) is 0. The Balaban J connectivity index is 1.74. The molecule has 3 atom stereocenters. The lowest BCUT2D eigenvalue weighted by Gasteiger charge is -2.21. The van der Waals surface area contributed by atoms with Gasteiger partial charge in [0.25, 0.3) is 0 Å². The minimum Gasteiger partial charge on any atom is -0.393 e. The van der Waals surface area contributed by atoms with E-state index in [0.29, 0.717) is 5.92 Å². The van der Waals surface area contributed by atoms with Crippen LogP contribution >= 0.6 is 0 Å². The van der Waals surface area contributed by atoms with Crippen molar-refractivity contribution in [2.75, 3.05) is 13.1 Å². The molecule has 1 aliphatic heterocycles. The van der Waals surface area contributed by atoms with Crippen molar-refractivity contribution in [2.45, 2.75) is 19.6 Å². The molecule has 1 heterocycles. The van der Waals surface area contributed by atoms with Crippen molar-refractivity contribution in [1.82, 2.24) is 4.90 Å². The summed E-state index contributed by atoms with van der Waals surface area (Å²) in [6.07, 6.45) is 5.73. The molecule has 0 spiro atoms. The normalized spacial score (nSPS) is 26.1. The lowest BCUT2D eigenvalue weighted by Crippen LogP contribution is -2.26. The zero-order valence-electron chi connectivity index (χ0n) is 12.4. The van der Waals surface area contributed by atoms with Gasteiger partial charge in [-0.25, -0.2) is 0 Å². The van der Waals surface area contributed by atoms with E-state index in [1.54, 1.807) is 0 Å². The molecule has 0 unspecified atom stereocenters. The van der Waals surface area contributed by atoms with Crippen LogP contribution in [0.4, 0.5) is 0 Å². The number of hydrogen-bond donors (Lipinski definition) is 1. The van der Waals surface area contributed by atoms with Gasteiger partial charge >= 0.3 is 0 Å². The average molecular weight is 279 g/mol. The Morgan fingerprint density at radius 1 is 1.24 bits per heavy atom. The van der Waals surface area contributed by atoms with Gasteiger partial charge in [-0.2, -0.15) is 0 Å². The van der Waals surface area contributed by atoms with Gasteiger partial charge in [-0.3, -0.25) is 4.90 Å². The summed E-state index contributed by atoms with van der Waals surface area (Å²) < 4.78 is 0. The molecule has 108 valence electrons. The number of nitrogens with zero attached hydrogens (tertiary/aromatic N) is 1. The van der Waals surface area contributed by atoms with Crippen LogP contribution in [0.15, 0.2) is 65.6 Å². The molecule has 0 amide bonds. The summed E-state index contributed by atoms with van der Waals surface area (Å²) >= 11 is 0.